The first-order chi connectivity index (χ1) is 8.58. The smallest absolute Gasteiger partial charge is 0.308 e. The van der Waals surface area contributed by atoms with E-state index < -0.39 is 5.97 Å². The van der Waals surface area contributed by atoms with E-state index in [0.717, 1.165) is 23.9 Å². The molecule has 0 unspecified atom stereocenters. The zero-order chi connectivity index (χ0) is 13.4. The molecule has 0 saturated carbocycles. The summed E-state index contributed by atoms with van der Waals surface area (Å²) in [4.78, 5) is 12.7. The summed E-state index contributed by atoms with van der Waals surface area (Å²) in [5.74, 6) is 0.0333. The second-order valence-corrected chi connectivity index (χ2v) is 6.26. The number of thiophene rings is 1. The van der Waals surface area contributed by atoms with Crippen LogP contribution in [0.2, 0.25) is 0 Å². The van der Waals surface area contributed by atoms with Crippen molar-refractivity contribution in [3.8, 4) is 0 Å². The summed E-state index contributed by atoms with van der Waals surface area (Å²) in [6.45, 7) is 6.40. The number of hydrogen-bond acceptors (Lipinski definition) is 3. The lowest BCUT2D eigenvalue weighted by atomic mass is 10.1. The van der Waals surface area contributed by atoms with Gasteiger partial charge in [0.05, 0.1) is 6.42 Å². The number of carboxylic acids is 1. The molecule has 0 fully saturated rings. The summed E-state index contributed by atoms with van der Waals surface area (Å²) in [6.07, 6.45) is 3.92. The molecule has 0 saturated heterocycles. The van der Waals surface area contributed by atoms with Crippen LogP contribution in [0.25, 0.3) is 0 Å². The van der Waals surface area contributed by atoms with Gasteiger partial charge in [0.15, 0.2) is 0 Å². The van der Waals surface area contributed by atoms with Crippen LogP contribution in [0.1, 0.15) is 42.9 Å². The Morgan fingerprint density at radius 2 is 2.06 bits per heavy atom. The van der Waals surface area contributed by atoms with Crippen LogP contribution in [0, 0.1) is 5.92 Å². The van der Waals surface area contributed by atoms with E-state index >= 15 is 0 Å². The molecule has 1 aromatic rings. The Balaban J connectivity index is 2.12. The minimum absolute atomic E-state index is 0.138. The van der Waals surface area contributed by atoms with E-state index in [1.165, 1.54) is 24.1 Å². The van der Waals surface area contributed by atoms with Crippen molar-refractivity contribution >= 4 is 17.3 Å². The number of nitrogens with one attached hydrogen (secondary N) is 1. The summed E-state index contributed by atoms with van der Waals surface area (Å²) in [6, 6.07) is 3.93. The molecule has 0 aliphatic rings. The van der Waals surface area contributed by atoms with E-state index in [9.17, 15) is 4.79 Å². The topological polar surface area (TPSA) is 49.3 Å². The standard InChI is InChI=1S/C14H23NO2S/c1-11(2)5-3-4-8-15-10-13-7-6-12(18-13)9-14(16)17/h6-7,11,15H,3-5,8-10H2,1-2H3,(H,16,17). The normalized spacial score (nSPS) is 11.1. The van der Waals surface area contributed by atoms with Crippen molar-refractivity contribution in [2.45, 2.75) is 46.1 Å². The number of carbonyl (C=O) groups is 1. The Morgan fingerprint density at radius 3 is 2.72 bits per heavy atom. The Bertz CT molecular complexity index is 360. The molecule has 1 heterocycles. The van der Waals surface area contributed by atoms with Gasteiger partial charge in [0.2, 0.25) is 0 Å². The quantitative estimate of drug-likeness (QED) is 0.676. The monoisotopic (exact) mass is 269 g/mol. The fourth-order valence-corrected chi connectivity index (χ4v) is 2.75. The van der Waals surface area contributed by atoms with Gasteiger partial charge in [-0.25, -0.2) is 0 Å². The predicted octanol–water partition coefficient (Wildman–Crippen LogP) is 3.29. The Kier molecular flexibility index (Phi) is 6.98. The lowest BCUT2D eigenvalue weighted by Gasteiger charge is -2.05. The third kappa shape index (κ3) is 6.77. The number of aliphatic carboxylic acids is 1. The van der Waals surface area contributed by atoms with Crippen LogP contribution in [-0.4, -0.2) is 17.6 Å². The molecule has 0 bridgehead atoms. The molecule has 1 rings (SSSR count). The maximum atomic E-state index is 10.6. The molecule has 0 radical (unpaired) electrons. The van der Waals surface area contributed by atoms with Gasteiger partial charge in [-0.1, -0.05) is 26.7 Å². The van der Waals surface area contributed by atoms with Crippen LogP contribution in [0.15, 0.2) is 12.1 Å². The van der Waals surface area contributed by atoms with E-state index in [1.807, 2.05) is 12.1 Å². The SMILES string of the molecule is CC(C)CCCCNCc1ccc(CC(=O)O)s1. The van der Waals surface area contributed by atoms with Crippen LogP contribution in [-0.2, 0) is 17.8 Å². The first kappa shape index (κ1) is 15.2. The summed E-state index contributed by atoms with van der Waals surface area (Å²) < 4.78 is 0. The molecular formula is C14H23NO2S. The largest absolute Gasteiger partial charge is 0.481 e. The van der Waals surface area contributed by atoms with Gasteiger partial charge >= 0.3 is 5.97 Å². The van der Waals surface area contributed by atoms with Gasteiger partial charge in [0.1, 0.15) is 0 Å². The first-order valence-electron chi connectivity index (χ1n) is 6.58. The highest BCUT2D eigenvalue weighted by molar-refractivity contribution is 7.12. The Morgan fingerprint density at radius 1 is 1.33 bits per heavy atom. The van der Waals surface area contributed by atoms with E-state index in [0.29, 0.717) is 0 Å². The molecule has 0 atom stereocenters. The first-order valence-corrected chi connectivity index (χ1v) is 7.39. The molecule has 102 valence electrons. The van der Waals surface area contributed by atoms with Gasteiger partial charge in [-0.2, -0.15) is 0 Å². The molecule has 0 aliphatic heterocycles. The third-order valence-corrected chi connectivity index (χ3v) is 3.81. The van der Waals surface area contributed by atoms with Crippen LogP contribution in [0.4, 0.5) is 0 Å². The molecule has 0 amide bonds. The molecule has 18 heavy (non-hydrogen) atoms. The molecular weight excluding hydrogens is 246 g/mol. The van der Waals surface area contributed by atoms with Crippen molar-refractivity contribution in [3.05, 3.63) is 21.9 Å². The fourth-order valence-electron chi connectivity index (χ4n) is 1.78. The van der Waals surface area contributed by atoms with Crippen LogP contribution >= 0.6 is 11.3 Å². The van der Waals surface area contributed by atoms with Crippen LogP contribution in [0.5, 0.6) is 0 Å². The van der Waals surface area contributed by atoms with Gasteiger partial charge in [0.25, 0.3) is 0 Å². The number of rotatable bonds is 9. The van der Waals surface area contributed by atoms with Crippen molar-refractivity contribution in [2.75, 3.05) is 6.54 Å². The molecule has 0 aromatic carbocycles. The van der Waals surface area contributed by atoms with Crippen LogP contribution < -0.4 is 5.32 Å². The highest BCUT2D eigenvalue weighted by atomic mass is 32.1. The van der Waals surface area contributed by atoms with Crippen molar-refractivity contribution in [2.24, 2.45) is 5.92 Å². The minimum Gasteiger partial charge on any atom is -0.481 e. The summed E-state index contributed by atoms with van der Waals surface area (Å²) >= 11 is 1.59. The third-order valence-electron chi connectivity index (χ3n) is 2.73. The average Bonchev–Trinajstić information content (AvgIpc) is 2.69. The second kappa shape index (κ2) is 8.27. The van der Waals surface area contributed by atoms with E-state index in [-0.39, 0.29) is 6.42 Å². The van der Waals surface area contributed by atoms with Crippen molar-refractivity contribution in [1.29, 1.82) is 0 Å². The lowest BCUT2D eigenvalue weighted by molar-refractivity contribution is -0.136. The summed E-state index contributed by atoms with van der Waals surface area (Å²) in [7, 11) is 0. The number of unbranched alkanes of at least 4 members (excludes halogenated alkanes) is 1. The highest BCUT2D eigenvalue weighted by Gasteiger charge is 2.04. The predicted molar refractivity (Wildman–Crippen MR) is 76.1 cm³/mol. The average molecular weight is 269 g/mol. The van der Waals surface area contributed by atoms with Gasteiger partial charge in [0, 0.05) is 16.3 Å². The summed E-state index contributed by atoms with van der Waals surface area (Å²) in [5.41, 5.74) is 0. The number of hydrogen-bond donors (Lipinski definition) is 2. The van der Waals surface area contributed by atoms with Gasteiger partial charge in [-0.15, -0.1) is 11.3 Å². The lowest BCUT2D eigenvalue weighted by Crippen LogP contribution is -2.13. The molecule has 2 N–H and O–H groups in total. The molecule has 4 heteroatoms. The molecule has 1 aromatic heterocycles. The Hall–Kier alpha value is -0.870. The van der Waals surface area contributed by atoms with Crippen molar-refractivity contribution < 1.29 is 9.90 Å². The highest BCUT2D eigenvalue weighted by Crippen LogP contribution is 2.16. The van der Waals surface area contributed by atoms with Gasteiger partial charge in [-0.05, 0) is 31.0 Å². The van der Waals surface area contributed by atoms with Gasteiger partial charge < -0.3 is 10.4 Å². The fraction of sp³-hybridized carbons (Fsp3) is 0.643. The van der Waals surface area contributed by atoms with E-state index in [2.05, 4.69) is 19.2 Å². The van der Waals surface area contributed by atoms with Gasteiger partial charge in [-0.3, -0.25) is 4.79 Å². The molecule has 0 spiro atoms. The van der Waals surface area contributed by atoms with Crippen LogP contribution in [0.3, 0.4) is 0 Å². The van der Waals surface area contributed by atoms with Crippen molar-refractivity contribution in [1.82, 2.24) is 5.32 Å². The summed E-state index contributed by atoms with van der Waals surface area (Å²) in [5, 5.41) is 12.1. The van der Waals surface area contributed by atoms with E-state index in [1.54, 1.807) is 11.3 Å². The maximum absolute atomic E-state index is 10.6. The maximum Gasteiger partial charge on any atom is 0.308 e. The minimum atomic E-state index is -0.759. The Labute approximate surface area is 113 Å². The van der Waals surface area contributed by atoms with Crippen molar-refractivity contribution in [3.63, 3.8) is 0 Å². The zero-order valence-electron chi connectivity index (χ0n) is 11.2. The number of carboxylic acid groups (broad SMARTS) is 1. The zero-order valence-corrected chi connectivity index (χ0v) is 12.1. The van der Waals surface area contributed by atoms with E-state index in [4.69, 9.17) is 5.11 Å². The second-order valence-electron chi connectivity index (χ2n) is 5.00. The molecule has 3 nitrogen and oxygen atoms in total. The molecule has 0 aliphatic carbocycles.